The van der Waals surface area contributed by atoms with E-state index in [-0.39, 0.29) is 35.9 Å². The minimum absolute atomic E-state index is 0.0778. The molecule has 1 aromatic rings. The first kappa shape index (κ1) is 21.6. The summed E-state index contributed by atoms with van der Waals surface area (Å²) < 4.78 is 43.9. The molecule has 32 heavy (non-hydrogen) atoms. The number of ketones is 1. The van der Waals surface area contributed by atoms with E-state index in [9.17, 15) is 14.7 Å². The van der Waals surface area contributed by atoms with Crippen LogP contribution in [0.5, 0.6) is 0 Å². The molecule has 5 rings (SSSR count). The van der Waals surface area contributed by atoms with Crippen LogP contribution in [0.15, 0.2) is 46.6 Å². The predicted molar refractivity (Wildman–Crippen MR) is 111 cm³/mol. The van der Waals surface area contributed by atoms with E-state index in [1.807, 2.05) is 6.92 Å². The summed E-state index contributed by atoms with van der Waals surface area (Å²) in [6.07, 6.45) is 4.35. The molecule has 7 heteroatoms. The number of ether oxygens (including phenoxy) is 1. The third-order valence-corrected chi connectivity index (χ3v) is 8.83. The van der Waals surface area contributed by atoms with Gasteiger partial charge in [0.1, 0.15) is 11.8 Å². The molecule has 0 saturated heterocycles. The van der Waals surface area contributed by atoms with E-state index in [0.29, 0.717) is 12.8 Å². The second kappa shape index (κ2) is 6.62. The quantitative estimate of drug-likeness (QED) is 0.677. The van der Waals surface area contributed by atoms with Gasteiger partial charge < -0.3 is 14.3 Å². The lowest BCUT2D eigenvalue weighted by Crippen LogP contribution is -2.70. The second-order valence-electron chi connectivity index (χ2n) is 10.6. The molecule has 4 aliphatic carbocycles. The molecule has 1 heterocycles. The van der Waals surface area contributed by atoms with Gasteiger partial charge in [-0.25, -0.2) is 13.6 Å². The zero-order chi connectivity index (χ0) is 23.1. The van der Waals surface area contributed by atoms with Crippen molar-refractivity contribution >= 4 is 11.8 Å². The summed E-state index contributed by atoms with van der Waals surface area (Å²) in [5.74, 6) is -1.97. The summed E-state index contributed by atoms with van der Waals surface area (Å²) in [7, 11) is 0. The van der Waals surface area contributed by atoms with Crippen molar-refractivity contribution < 1.29 is 32.6 Å². The normalized spacial score (nSPS) is 47.3. The summed E-state index contributed by atoms with van der Waals surface area (Å²) in [5.41, 5.74) is -6.07. The minimum Gasteiger partial charge on any atom is -0.457 e. The third-order valence-electron chi connectivity index (χ3n) is 8.83. The summed E-state index contributed by atoms with van der Waals surface area (Å²) >= 11 is 0. The lowest BCUT2D eigenvalue weighted by atomic mass is 9.43. The van der Waals surface area contributed by atoms with Gasteiger partial charge in [0.25, 0.3) is 0 Å². The Bertz CT molecular complexity index is 1030. The highest BCUT2D eigenvalue weighted by atomic mass is 19.1. The summed E-state index contributed by atoms with van der Waals surface area (Å²) in [4.78, 5) is 24.5. The van der Waals surface area contributed by atoms with Crippen LogP contribution in [0.4, 0.5) is 8.78 Å². The highest BCUT2D eigenvalue weighted by Crippen LogP contribution is 2.70. The molecule has 1 aromatic heterocycles. The summed E-state index contributed by atoms with van der Waals surface area (Å²) in [6.45, 7) is 4.88. The molecule has 0 amide bonds. The maximum absolute atomic E-state index is 17.1. The van der Waals surface area contributed by atoms with Crippen LogP contribution in [-0.4, -0.2) is 40.4 Å². The van der Waals surface area contributed by atoms with Crippen LogP contribution in [0.25, 0.3) is 0 Å². The maximum atomic E-state index is 17.1. The molecule has 8 atom stereocenters. The molecule has 3 saturated carbocycles. The van der Waals surface area contributed by atoms with Crippen molar-refractivity contribution in [2.45, 2.75) is 70.0 Å². The van der Waals surface area contributed by atoms with Crippen LogP contribution in [-0.2, 0) is 9.53 Å². The molecular formula is C25H28F2O5. The number of esters is 1. The Morgan fingerprint density at radius 1 is 1.19 bits per heavy atom. The number of carbonyl (C=O) groups is 2. The smallest absolute Gasteiger partial charge is 0.374 e. The second-order valence-corrected chi connectivity index (χ2v) is 10.6. The fraction of sp³-hybridized carbons (Fsp3) is 0.600. The minimum atomic E-state index is -2.13. The number of rotatable bonds is 2. The zero-order valence-electron chi connectivity index (χ0n) is 18.4. The number of carbonyl (C=O) groups excluding carboxylic acids is 2. The Morgan fingerprint density at radius 3 is 2.62 bits per heavy atom. The van der Waals surface area contributed by atoms with Gasteiger partial charge in [0.05, 0.1) is 12.4 Å². The Morgan fingerprint density at radius 2 is 1.94 bits per heavy atom. The van der Waals surface area contributed by atoms with Crippen LogP contribution in [0.2, 0.25) is 0 Å². The van der Waals surface area contributed by atoms with Gasteiger partial charge in [0.15, 0.2) is 11.5 Å². The van der Waals surface area contributed by atoms with E-state index in [4.69, 9.17) is 9.15 Å². The number of aliphatic hydroxyl groups is 1. The fourth-order valence-corrected chi connectivity index (χ4v) is 7.30. The largest absolute Gasteiger partial charge is 0.457 e. The first-order valence-corrected chi connectivity index (χ1v) is 11.2. The van der Waals surface area contributed by atoms with Gasteiger partial charge in [-0.3, -0.25) is 4.79 Å². The van der Waals surface area contributed by atoms with Crippen molar-refractivity contribution in [3.05, 3.63) is 48.0 Å². The Balaban J connectivity index is 1.53. The molecule has 0 radical (unpaired) electrons. The van der Waals surface area contributed by atoms with Gasteiger partial charge in [0.2, 0.25) is 5.76 Å². The Labute approximate surface area is 185 Å². The first-order chi connectivity index (χ1) is 14.9. The Hall–Kier alpha value is -2.28. The van der Waals surface area contributed by atoms with Crippen molar-refractivity contribution in [3.63, 3.8) is 0 Å². The number of alkyl halides is 2. The van der Waals surface area contributed by atoms with Gasteiger partial charge in [-0.05, 0) is 75.3 Å². The highest BCUT2D eigenvalue weighted by molar-refractivity contribution is 6.01. The van der Waals surface area contributed by atoms with E-state index in [0.717, 1.165) is 0 Å². The maximum Gasteiger partial charge on any atom is 0.374 e. The Kier molecular flexibility index (Phi) is 4.46. The van der Waals surface area contributed by atoms with E-state index in [1.54, 1.807) is 13.0 Å². The fourth-order valence-electron chi connectivity index (χ4n) is 7.30. The summed E-state index contributed by atoms with van der Waals surface area (Å²) in [5, 5.41) is 11.2. The van der Waals surface area contributed by atoms with E-state index < -0.39 is 46.3 Å². The number of allylic oxidation sites excluding steroid dienone is 4. The average Bonchev–Trinajstić information content (AvgIpc) is 3.35. The van der Waals surface area contributed by atoms with Crippen molar-refractivity contribution in [1.29, 1.82) is 0 Å². The van der Waals surface area contributed by atoms with Crippen LogP contribution in [0.1, 0.15) is 57.0 Å². The molecule has 5 nitrogen and oxygen atoms in total. The number of aliphatic hydroxyl groups excluding tert-OH is 1. The predicted octanol–water partition coefficient (Wildman–Crippen LogP) is 4.51. The van der Waals surface area contributed by atoms with Crippen molar-refractivity contribution in [2.75, 3.05) is 0 Å². The van der Waals surface area contributed by atoms with Crippen molar-refractivity contribution in [1.82, 2.24) is 0 Å². The van der Waals surface area contributed by atoms with Crippen LogP contribution in [0.3, 0.4) is 0 Å². The molecule has 0 aliphatic heterocycles. The van der Waals surface area contributed by atoms with Gasteiger partial charge in [-0.1, -0.05) is 13.0 Å². The van der Waals surface area contributed by atoms with Crippen molar-refractivity contribution in [2.24, 2.45) is 22.7 Å². The molecule has 3 fully saturated rings. The SMILES string of the molecule is CC1(F)C[C@H]2[C@@H]3CCC(OC(=O)c4ccco4)[C@@]3(C)CC(O)[C@]2(F)[C@@]2(C)C=CC(=O)C=C12. The monoisotopic (exact) mass is 446 g/mol. The number of hydrogen-bond donors (Lipinski definition) is 1. The van der Waals surface area contributed by atoms with Gasteiger partial charge >= 0.3 is 5.97 Å². The zero-order valence-corrected chi connectivity index (χ0v) is 18.4. The molecule has 172 valence electrons. The van der Waals surface area contributed by atoms with Crippen LogP contribution >= 0.6 is 0 Å². The van der Waals surface area contributed by atoms with E-state index in [1.165, 1.54) is 37.5 Å². The topological polar surface area (TPSA) is 76.7 Å². The number of halogens is 2. The average molecular weight is 446 g/mol. The van der Waals surface area contributed by atoms with Crippen LogP contribution < -0.4 is 0 Å². The van der Waals surface area contributed by atoms with Crippen LogP contribution in [0, 0.1) is 22.7 Å². The van der Waals surface area contributed by atoms with E-state index in [2.05, 4.69) is 0 Å². The molecule has 0 aromatic carbocycles. The molecule has 4 aliphatic rings. The van der Waals surface area contributed by atoms with Crippen molar-refractivity contribution in [3.8, 4) is 0 Å². The summed E-state index contributed by atoms with van der Waals surface area (Å²) in [6, 6.07) is 3.11. The molecule has 1 N–H and O–H groups in total. The van der Waals surface area contributed by atoms with Gasteiger partial charge in [0, 0.05) is 16.7 Å². The first-order valence-electron chi connectivity index (χ1n) is 11.2. The lowest BCUT2D eigenvalue weighted by molar-refractivity contribution is -0.214. The molecule has 0 bridgehead atoms. The third kappa shape index (κ3) is 2.63. The highest BCUT2D eigenvalue weighted by Gasteiger charge is 2.74. The number of hydrogen-bond acceptors (Lipinski definition) is 5. The number of fused-ring (bicyclic) bond motifs is 5. The van der Waals surface area contributed by atoms with E-state index >= 15 is 8.78 Å². The molecular weight excluding hydrogens is 418 g/mol. The molecule has 3 unspecified atom stereocenters. The lowest BCUT2D eigenvalue weighted by Gasteiger charge is -2.63. The van der Waals surface area contributed by atoms with Gasteiger partial charge in [-0.15, -0.1) is 0 Å². The molecule has 0 spiro atoms. The standard InChI is InChI=1S/C25H28F2O5/c1-22-13-19(29)25(27)16(12-24(3,26)18-11-14(28)8-9-23(18,25)2)15(22)6-7-20(22)32-21(30)17-5-4-10-31-17/h4-5,8-11,15-16,19-20,29H,6-7,12-13H2,1-3H3/t15-,16-,19?,20?,22-,23-,24?,25-/m0/s1. The van der Waals surface area contributed by atoms with Gasteiger partial charge in [-0.2, -0.15) is 0 Å². The number of furan rings is 1.